The molecule has 3 unspecified atom stereocenters. The Balaban J connectivity index is 1.70. The summed E-state index contributed by atoms with van der Waals surface area (Å²) in [5.74, 6) is 0. The van der Waals surface area contributed by atoms with Crippen LogP contribution in [0.4, 0.5) is 4.79 Å². The fourth-order valence-electron chi connectivity index (χ4n) is 3.88. The molecule has 126 valence electrons. The van der Waals surface area contributed by atoms with E-state index in [2.05, 4.69) is 42.2 Å². The fourth-order valence-corrected chi connectivity index (χ4v) is 3.88. The van der Waals surface area contributed by atoms with Gasteiger partial charge in [-0.05, 0) is 46.1 Å². The Labute approximate surface area is 139 Å². The Morgan fingerprint density at radius 3 is 2.57 bits per heavy atom. The normalized spacial score (nSPS) is 28.0. The van der Waals surface area contributed by atoms with Crippen LogP contribution in [0.1, 0.15) is 46.1 Å². The first-order valence-corrected chi connectivity index (χ1v) is 8.64. The van der Waals surface area contributed by atoms with Gasteiger partial charge in [-0.25, -0.2) is 4.79 Å². The van der Waals surface area contributed by atoms with E-state index in [-0.39, 0.29) is 12.1 Å². The van der Waals surface area contributed by atoms with Crippen LogP contribution < -0.4 is 0 Å². The zero-order valence-corrected chi connectivity index (χ0v) is 14.7. The second kappa shape index (κ2) is 6.16. The maximum Gasteiger partial charge on any atom is 0.410 e. The van der Waals surface area contributed by atoms with Crippen LogP contribution in [0.2, 0.25) is 0 Å². The standard InChI is InChI=1S/C19H28N2O2/c1-14-17-11-10-16(13-20(14)18(22)23-19(2,3)4)21(17)12-15-8-6-5-7-9-15/h5-9,14,16-17H,10-13H2,1-4H3. The van der Waals surface area contributed by atoms with Gasteiger partial charge in [-0.15, -0.1) is 0 Å². The second-order valence-corrected chi connectivity index (χ2v) is 7.83. The highest BCUT2D eigenvalue weighted by Crippen LogP contribution is 2.35. The maximum absolute atomic E-state index is 12.5. The molecule has 2 aliphatic rings. The number of piperazine rings is 1. The first kappa shape index (κ1) is 16.3. The van der Waals surface area contributed by atoms with Crippen LogP contribution in [0.3, 0.4) is 0 Å². The first-order valence-electron chi connectivity index (χ1n) is 8.64. The van der Waals surface area contributed by atoms with Crippen molar-refractivity contribution in [2.75, 3.05) is 6.54 Å². The first-order chi connectivity index (χ1) is 10.8. The van der Waals surface area contributed by atoms with Gasteiger partial charge in [-0.3, -0.25) is 4.90 Å². The van der Waals surface area contributed by atoms with Gasteiger partial charge in [0.05, 0.1) is 0 Å². The average Bonchev–Trinajstić information content (AvgIpc) is 2.76. The summed E-state index contributed by atoms with van der Waals surface area (Å²) in [7, 11) is 0. The number of rotatable bonds is 2. The monoisotopic (exact) mass is 316 g/mol. The maximum atomic E-state index is 12.5. The van der Waals surface area contributed by atoms with E-state index < -0.39 is 5.60 Å². The molecule has 3 rings (SSSR count). The molecule has 0 aromatic heterocycles. The van der Waals surface area contributed by atoms with Crippen molar-refractivity contribution < 1.29 is 9.53 Å². The number of nitrogens with zero attached hydrogens (tertiary/aromatic N) is 2. The molecule has 3 atom stereocenters. The zero-order valence-electron chi connectivity index (χ0n) is 14.7. The van der Waals surface area contributed by atoms with E-state index >= 15 is 0 Å². The van der Waals surface area contributed by atoms with Gasteiger partial charge in [0.1, 0.15) is 5.60 Å². The van der Waals surface area contributed by atoms with E-state index in [9.17, 15) is 4.79 Å². The molecule has 0 N–H and O–H groups in total. The minimum Gasteiger partial charge on any atom is -0.444 e. The smallest absolute Gasteiger partial charge is 0.410 e. The summed E-state index contributed by atoms with van der Waals surface area (Å²) >= 11 is 0. The summed E-state index contributed by atoms with van der Waals surface area (Å²) in [6.45, 7) is 9.69. The summed E-state index contributed by atoms with van der Waals surface area (Å²) in [4.78, 5) is 17.0. The second-order valence-electron chi connectivity index (χ2n) is 7.83. The van der Waals surface area contributed by atoms with Crippen LogP contribution >= 0.6 is 0 Å². The number of ether oxygens (including phenoxy) is 1. The van der Waals surface area contributed by atoms with Gasteiger partial charge in [0.15, 0.2) is 0 Å². The van der Waals surface area contributed by atoms with Crippen molar-refractivity contribution in [2.24, 2.45) is 0 Å². The van der Waals surface area contributed by atoms with E-state index in [1.165, 1.54) is 12.0 Å². The summed E-state index contributed by atoms with van der Waals surface area (Å²) in [5, 5.41) is 0. The molecular weight excluding hydrogens is 288 g/mol. The van der Waals surface area contributed by atoms with Gasteiger partial charge in [-0.1, -0.05) is 30.3 Å². The molecule has 2 heterocycles. The van der Waals surface area contributed by atoms with E-state index in [4.69, 9.17) is 4.74 Å². The third-order valence-corrected chi connectivity index (χ3v) is 4.98. The van der Waals surface area contributed by atoms with E-state index in [1.54, 1.807) is 0 Å². The van der Waals surface area contributed by atoms with Crippen molar-refractivity contribution in [1.82, 2.24) is 9.80 Å². The van der Waals surface area contributed by atoms with Crippen molar-refractivity contribution in [3.8, 4) is 0 Å². The predicted octanol–water partition coefficient (Wildman–Crippen LogP) is 3.66. The van der Waals surface area contributed by atoms with Crippen molar-refractivity contribution >= 4 is 6.09 Å². The highest BCUT2D eigenvalue weighted by atomic mass is 16.6. The van der Waals surface area contributed by atoms with Crippen molar-refractivity contribution in [3.05, 3.63) is 35.9 Å². The van der Waals surface area contributed by atoms with Crippen molar-refractivity contribution in [2.45, 2.75) is 70.8 Å². The average molecular weight is 316 g/mol. The van der Waals surface area contributed by atoms with Crippen LogP contribution in [0.5, 0.6) is 0 Å². The Hall–Kier alpha value is -1.55. The number of benzene rings is 1. The lowest BCUT2D eigenvalue weighted by molar-refractivity contribution is -0.0197. The molecule has 0 saturated carbocycles. The van der Waals surface area contributed by atoms with Crippen LogP contribution in [0, 0.1) is 0 Å². The highest BCUT2D eigenvalue weighted by Gasteiger charge is 2.46. The molecule has 2 bridgehead atoms. The molecular formula is C19H28N2O2. The van der Waals surface area contributed by atoms with Gasteiger partial charge in [0.2, 0.25) is 0 Å². The van der Waals surface area contributed by atoms with Crippen LogP contribution in [-0.4, -0.2) is 46.2 Å². The molecule has 2 fully saturated rings. The molecule has 2 aliphatic heterocycles. The minimum absolute atomic E-state index is 0.165. The molecule has 0 radical (unpaired) electrons. The Morgan fingerprint density at radius 1 is 1.22 bits per heavy atom. The molecule has 1 aromatic carbocycles. The lowest BCUT2D eigenvalue weighted by atomic mass is 10.0. The largest absolute Gasteiger partial charge is 0.444 e. The molecule has 1 amide bonds. The number of carbonyl (C=O) groups excluding carboxylic acids is 1. The third kappa shape index (κ3) is 3.52. The van der Waals surface area contributed by atoms with Crippen molar-refractivity contribution in [3.63, 3.8) is 0 Å². The molecule has 23 heavy (non-hydrogen) atoms. The van der Waals surface area contributed by atoms with Crippen LogP contribution in [-0.2, 0) is 11.3 Å². The molecule has 0 aliphatic carbocycles. The summed E-state index contributed by atoms with van der Waals surface area (Å²) in [6, 6.07) is 11.7. The summed E-state index contributed by atoms with van der Waals surface area (Å²) in [5.41, 5.74) is 0.916. The quantitative estimate of drug-likeness (QED) is 0.835. The van der Waals surface area contributed by atoms with E-state index in [0.29, 0.717) is 12.1 Å². The topological polar surface area (TPSA) is 32.8 Å². The molecule has 0 spiro atoms. The fraction of sp³-hybridized carbons (Fsp3) is 0.632. The number of hydrogen-bond acceptors (Lipinski definition) is 3. The Morgan fingerprint density at radius 2 is 1.91 bits per heavy atom. The molecule has 1 aromatic rings. The van der Waals surface area contributed by atoms with Crippen molar-refractivity contribution in [1.29, 1.82) is 0 Å². The Kier molecular flexibility index (Phi) is 4.37. The summed E-state index contributed by atoms with van der Waals surface area (Å²) < 4.78 is 5.59. The number of hydrogen-bond donors (Lipinski definition) is 0. The number of amides is 1. The summed E-state index contributed by atoms with van der Waals surface area (Å²) in [6.07, 6.45) is 2.17. The number of carbonyl (C=O) groups is 1. The third-order valence-electron chi connectivity index (χ3n) is 4.98. The highest BCUT2D eigenvalue weighted by molar-refractivity contribution is 5.69. The van der Waals surface area contributed by atoms with Gasteiger partial charge >= 0.3 is 6.09 Å². The molecule has 4 heteroatoms. The van der Waals surface area contributed by atoms with Crippen LogP contribution in [0.25, 0.3) is 0 Å². The number of fused-ring (bicyclic) bond motifs is 2. The molecule has 2 saturated heterocycles. The predicted molar refractivity (Wildman–Crippen MR) is 91.2 cm³/mol. The lowest BCUT2D eigenvalue weighted by Crippen LogP contribution is -2.60. The van der Waals surface area contributed by atoms with E-state index in [1.807, 2.05) is 25.7 Å². The van der Waals surface area contributed by atoms with Gasteiger partial charge in [-0.2, -0.15) is 0 Å². The van der Waals surface area contributed by atoms with Gasteiger partial charge in [0.25, 0.3) is 0 Å². The van der Waals surface area contributed by atoms with Gasteiger partial charge < -0.3 is 9.64 Å². The van der Waals surface area contributed by atoms with Gasteiger partial charge in [0, 0.05) is 31.2 Å². The zero-order chi connectivity index (χ0) is 16.6. The lowest BCUT2D eigenvalue weighted by Gasteiger charge is -2.45. The SMILES string of the molecule is CC1C2CCC(CN1C(=O)OC(C)(C)C)N2Cc1ccccc1. The molecule has 4 nitrogen and oxygen atoms in total. The Bertz CT molecular complexity index is 552. The van der Waals surface area contributed by atoms with Crippen LogP contribution in [0.15, 0.2) is 30.3 Å². The minimum atomic E-state index is -0.434. The van der Waals surface area contributed by atoms with E-state index in [0.717, 1.165) is 19.5 Å². The number of likely N-dealkylation sites (tertiary alicyclic amines) is 1.